The number of para-hydroxylation sites is 2. The summed E-state index contributed by atoms with van der Waals surface area (Å²) in [6.07, 6.45) is -0.982. The van der Waals surface area contributed by atoms with Gasteiger partial charge in [0.05, 0.1) is 0 Å². The van der Waals surface area contributed by atoms with Crippen LogP contribution in [0.15, 0.2) is 46.1 Å². The lowest BCUT2D eigenvalue weighted by Gasteiger charge is -2.21. The van der Waals surface area contributed by atoms with E-state index in [2.05, 4.69) is 4.99 Å². The first-order valence-corrected chi connectivity index (χ1v) is 5.84. The number of aliphatic hydroxyl groups excluding tert-OH is 1. The van der Waals surface area contributed by atoms with Crippen molar-refractivity contribution in [3.8, 4) is 5.75 Å². The second kappa shape index (κ2) is 3.73. The van der Waals surface area contributed by atoms with Crippen LogP contribution in [0.1, 0.15) is 5.56 Å². The molecular formula is C12H9NO2S. The molecule has 0 spiro atoms. The highest BCUT2D eigenvalue weighted by atomic mass is 32.1. The first kappa shape index (κ1) is 9.57. The van der Waals surface area contributed by atoms with Crippen LogP contribution < -0.4 is 4.74 Å². The number of nitrogens with zero attached hydrogens (tertiary/aromatic N) is 1. The van der Waals surface area contributed by atoms with Crippen molar-refractivity contribution >= 4 is 22.7 Å². The topological polar surface area (TPSA) is 41.8 Å². The molecule has 16 heavy (non-hydrogen) atoms. The normalized spacial score (nSPS) is 18.6. The highest BCUT2D eigenvalue weighted by molar-refractivity contribution is 7.08. The van der Waals surface area contributed by atoms with E-state index in [1.807, 2.05) is 35.0 Å². The summed E-state index contributed by atoms with van der Waals surface area (Å²) >= 11 is 1.57. The zero-order valence-corrected chi connectivity index (χ0v) is 9.15. The Labute approximate surface area is 96.7 Å². The van der Waals surface area contributed by atoms with Crippen LogP contribution in [0.5, 0.6) is 5.75 Å². The molecule has 1 atom stereocenters. The SMILES string of the molecule is OC1Oc2ccccc2N=C1c1ccsc1. The number of benzene rings is 1. The molecule has 0 saturated heterocycles. The average Bonchev–Trinajstić information content (AvgIpc) is 2.81. The molecule has 3 nitrogen and oxygen atoms in total. The van der Waals surface area contributed by atoms with Crippen molar-refractivity contribution in [3.63, 3.8) is 0 Å². The van der Waals surface area contributed by atoms with Gasteiger partial charge in [-0.1, -0.05) is 12.1 Å². The number of aliphatic hydroxyl groups is 1. The van der Waals surface area contributed by atoms with Gasteiger partial charge < -0.3 is 9.84 Å². The third-order valence-electron chi connectivity index (χ3n) is 2.40. The van der Waals surface area contributed by atoms with Crippen molar-refractivity contribution in [2.24, 2.45) is 4.99 Å². The molecular weight excluding hydrogens is 222 g/mol. The van der Waals surface area contributed by atoms with Gasteiger partial charge >= 0.3 is 0 Å². The van der Waals surface area contributed by atoms with Crippen molar-refractivity contribution < 1.29 is 9.84 Å². The van der Waals surface area contributed by atoms with Gasteiger partial charge in [0.2, 0.25) is 6.29 Å². The molecule has 1 unspecified atom stereocenters. The van der Waals surface area contributed by atoms with Crippen LogP contribution >= 0.6 is 11.3 Å². The summed E-state index contributed by atoms with van der Waals surface area (Å²) < 4.78 is 5.40. The summed E-state index contributed by atoms with van der Waals surface area (Å²) in [5.74, 6) is 0.619. The Bertz CT molecular complexity index is 534. The van der Waals surface area contributed by atoms with Crippen molar-refractivity contribution in [3.05, 3.63) is 46.7 Å². The maximum atomic E-state index is 9.84. The van der Waals surface area contributed by atoms with E-state index >= 15 is 0 Å². The fraction of sp³-hybridized carbons (Fsp3) is 0.0833. The highest BCUT2D eigenvalue weighted by Gasteiger charge is 2.23. The molecule has 0 aliphatic carbocycles. The first-order valence-electron chi connectivity index (χ1n) is 4.89. The molecule has 0 radical (unpaired) electrons. The third kappa shape index (κ3) is 1.52. The van der Waals surface area contributed by atoms with Gasteiger partial charge in [0, 0.05) is 10.9 Å². The van der Waals surface area contributed by atoms with Crippen LogP contribution in [-0.2, 0) is 0 Å². The maximum Gasteiger partial charge on any atom is 0.242 e. The maximum absolute atomic E-state index is 9.84. The molecule has 3 rings (SSSR count). The lowest BCUT2D eigenvalue weighted by molar-refractivity contribution is 0.0403. The van der Waals surface area contributed by atoms with Crippen LogP contribution in [0, 0.1) is 0 Å². The van der Waals surface area contributed by atoms with E-state index in [1.54, 1.807) is 17.4 Å². The summed E-state index contributed by atoms with van der Waals surface area (Å²) in [7, 11) is 0. The molecule has 0 saturated carbocycles. The molecule has 0 bridgehead atoms. The average molecular weight is 231 g/mol. The van der Waals surface area contributed by atoms with E-state index < -0.39 is 6.29 Å². The lowest BCUT2D eigenvalue weighted by atomic mass is 10.1. The molecule has 80 valence electrons. The Morgan fingerprint density at radius 3 is 2.94 bits per heavy atom. The minimum Gasteiger partial charge on any atom is -0.457 e. The molecule has 0 amide bonds. The third-order valence-corrected chi connectivity index (χ3v) is 3.08. The number of aliphatic imine (C=N–C) groups is 1. The predicted octanol–water partition coefficient (Wildman–Crippen LogP) is 2.58. The van der Waals surface area contributed by atoms with Gasteiger partial charge in [-0.2, -0.15) is 11.3 Å². The van der Waals surface area contributed by atoms with E-state index in [0.29, 0.717) is 11.5 Å². The van der Waals surface area contributed by atoms with Gasteiger partial charge in [-0.3, -0.25) is 0 Å². The molecule has 1 aliphatic rings. The number of rotatable bonds is 1. The Balaban J connectivity index is 2.11. The number of fused-ring (bicyclic) bond motifs is 1. The Morgan fingerprint density at radius 1 is 1.25 bits per heavy atom. The first-order chi connectivity index (χ1) is 7.84. The van der Waals surface area contributed by atoms with Crippen molar-refractivity contribution in [1.29, 1.82) is 0 Å². The number of ether oxygens (including phenoxy) is 1. The minimum absolute atomic E-state index is 0.569. The highest BCUT2D eigenvalue weighted by Crippen LogP contribution is 2.32. The minimum atomic E-state index is -0.982. The standard InChI is InChI=1S/C12H9NO2S/c14-12-11(8-5-6-16-7-8)13-9-3-1-2-4-10(9)15-12/h1-7,12,14H. The van der Waals surface area contributed by atoms with Crippen molar-refractivity contribution in [2.75, 3.05) is 0 Å². The number of hydrogen-bond donors (Lipinski definition) is 1. The lowest BCUT2D eigenvalue weighted by Crippen LogP contribution is -2.29. The van der Waals surface area contributed by atoms with E-state index in [0.717, 1.165) is 11.3 Å². The van der Waals surface area contributed by atoms with E-state index in [-0.39, 0.29) is 0 Å². The molecule has 1 aromatic carbocycles. The molecule has 0 fully saturated rings. The fourth-order valence-corrected chi connectivity index (χ4v) is 2.28. The smallest absolute Gasteiger partial charge is 0.242 e. The summed E-state index contributed by atoms with van der Waals surface area (Å²) in [5, 5.41) is 13.7. The Hall–Kier alpha value is -1.65. The van der Waals surface area contributed by atoms with Crippen LogP contribution in [0.2, 0.25) is 0 Å². The van der Waals surface area contributed by atoms with Gasteiger partial charge in [0.25, 0.3) is 0 Å². The molecule has 1 aliphatic heterocycles. The fourth-order valence-electron chi connectivity index (χ4n) is 1.63. The monoisotopic (exact) mass is 231 g/mol. The molecule has 2 aromatic rings. The largest absolute Gasteiger partial charge is 0.457 e. The summed E-state index contributed by atoms with van der Waals surface area (Å²) in [5.41, 5.74) is 2.24. The second-order valence-electron chi connectivity index (χ2n) is 3.45. The van der Waals surface area contributed by atoms with Crippen molar-refractivity contribution in [2.45, 2.75) is 6.29 Å². The Kier molecular flexibility index (Phi) is 2.23. The van der Waals surface area contributed by atoms with Gasteiger partial charge in [0.1, 0.15) is 17.1 Å². The van der Waals surface area contributed by atoms with Crippen molar-refractivity contribution in [1.82, 2.24) is 0 Å². The van der Waals surface area contributed by atoms with Crippen LogP contribution in [0.25, 0.3) is 0 Å². The zero-order chi connectivity index (χ0) is 11.0. The summed E-state index contributed by atoms with van der Waals surface area (Å²) in [6.45, 7) is 0. The van der Waals surface area contributed by atoms with Gasteiger partial charge in [0.15, 0.2) is 0 Å². The van der Waals surface area contributed by atoms with Gasteiger partial charge in [-0.05, 0) is 23.6 Å². The molecule has 1 aromatic heterocycles. The second-order valence-corrected chi connectivity index (χ2v) is 4.23. The van der Waals surface area contributed by atoms with Crippen LogP contribution in [-0.4, -0.2) is 17.1 Å². The molecule has 1 N–H and O–H groups in total. The summed E-state index contributed by atoms with van der Waals surface area (Å²) in [6, 6.07) is 9.34. The molecule has 2 heterocycles. The quantitative estimate of drug-likeness (QED) is 0.819. The van der Waals surface area contributed by atoms with E-state index in [9.17, 15) is 5.11 Å². The van der Waals surface area contributed by atoms with Crippen LogP contribution in [0.3, 0.4) is 0 Å². The van der Waals surface area contributed by atoms with E-state index in [4.69, 9.17) is 4.74 Å². The van der Waals surface area contributed by atoms with Gasteiger partial charge in [-0.15, -0.1) is 0 Å². The number of hydrogen-bond acceptors (Lipinski definition) is 4. The number of thiophene rings is 1. The van der Waals surface area contributed by atoms with E-state index in [1.165, 1.54) is 0 Å². The summed E-state index contributed by atoms with van der Waals surface area (Å²) in [4.78, 5) is 4.42. The van der Waals surface area contributed by atoms with Gasteiger partial charge in [-0.25, -0.2) is 4.99 Å². The molecule has 4 heteroatoms. The van der Waals surface area contributed by atoms with Crippen LogP contribution in [0.4, 0.5) is 5.69 Å². The predicted molar refractivity (Wildman–Crippen MR) is 63.6 cm³/mol. The Morgan fingerprint density at radius 2 is 2.12 bits per heavy atom. The zero-order valence-electron chi connectivity index (χ0n) is 8.33.